The Morgan fingerprint density at radius 2 is 2.00 bits per heavy atom. The van der Waals surface area contributed by atoms with Crippen LogP contribution in [0.4, 0.5) is 4.79 Å². The predicted octanol–water partition coefficient (Wildman–Crippen LogP) is 6.36. The second kappa shape index (κ2) is 9.34. The predicted molar refractivity (Wildman–Crippen MR) is 129 cm³/mol. The van der Waals surface area contributed by atoms with Gasteiger partial charge in [0.1, 0.15) is 12.4 Å². The Morgan fingerprint density at radius 3 is 2.77 bits per heavy atom. The number of rotatable bonds is 7. The lowest BCUT2D eigenvalue weighted by atomic mass is 10.1. The lowest BCUT2D eigenvalue weighted by Gasteiger charge is -2.09. The van der Waals surface area contributed by atoms with Gasteiger partial charge in [-0.05, 0) is 48.2 Å². The fraction of sp³-hybridized carbons (Fsp3) is 0.130. The van der Waals surface area contributed by atoms with Crippen molar-refractivity contribution in [1.29, 1.82) is 0 Å². The van der Waals surface area contributed by atoms with Gasteiger partial charge in [-0.2, -0.15) is 0 Å². The molecular formula is C23H18BrClN2O3S. The standard InChI is InChI=1S/C23H18BrClN2O3S/c1-2-9-27-22(28)21(31-23(27)29)12-15-14-26(19-8-7-16(24)13-17(15)19)10-11-30-20-6-4-3-5-18(20)25/h2-8,12-14H,1,9-11H2/b21-12-. The molecule has 5 nitrogen and oxygen atoms in total. The zero-order valence-corrected chi connectivity index (χ0v) is 19.5. The Hall–Kier alpha value is -2.48. The molecule has 158 valence electrons. The number of hydrogen-bond acceptors (Lipinski definition) is 4. The van der Waals surface area contributed by atoms with Gasteiger partial charge in [0, 0.05) is 33.7 Å². The number of hydrogen-bond donors (Lipinski definition) is 0. The Balaban J connectivity index is 1.62. The molecule has 0 atom stereocenters. The quantitative estimate of drug-likeness (QED) is 0.270. The van der Waals surface area contributed by atoms with Gasteiger partial charge in [0.15, 0.2) is 0 Å². The molecule has 1 aliphatic rings. The minimum absolute atomic E-state index is 0.203. The Morgan fingerprint density at radius 1 is 1.19 bits per heavy atom. The van der Waals surface area contributed by atoms with Crippen molar-refractivity contribution < 1.29 is 14.3 Å². The van der Waals surface area contributed by atoms with Crippen LogP contribution in [0.3, 0.4) is 0 Å². The highest BCUT2D eigenvalue weighted by Crippen LogP contribution is 2.34. The van der Waals surface area contributed by atoms with Crippen LogP contribution in [0.5, 0.6) is 5.75 Å². The van der Waals surface area contributed by atoms with Crippen LogP contribution < -0.4 is 4.74 Å². The van der Waals surface area contributed by atoms with Gasteiger partial charge in [-0.1, -0.05) is 45.7 Å². The molecule has 31 heavy (non-hydrogen) atoms. The molecular weight excluding hydrogens is 500 g/mol. The van der Waals surface area contributed by atoms with Crippen molar-refractivity contribution in [3.05, 3.63) is 81.3 Å². The van der Waals surface area contributed by atoms with Crippen LogP contribution in [0.1, 0.15) is 5.56 Å². The van der Waals surface area contributed by atoms with Gasteiger partial charge in [0.2, 0.25) is 0 Å². The van der Waals surface area contributed by atoms with Crippen molar-refractivity contribution in [2.75, 3.05) is 13.2 Å². The van der Waals surface area contributed by atoms with E-state index in [-0.39, 0.29) is 17.7 Å². The molecule has 2 amide bonds. The molecule has 3 aromatic rings. The molecule has 1 aromatic heterocycles. The molecule has 1 aliphatic heterocycles. The Bertz CT molecular complexity index is 1220. The van der Waals surface area contributed by atoms with Crippen molar-refractivity contribution in [3.8, 4) is 5.75 Å². The lowest BCUT2D eigenvalue weighted by molar-refractivity contribution is -0.122. The maximum atomic E-state index is 12.6. The summed E-state index contributed by atoms with van der Waals surface area (Å²) in [7, 11) is 0. The van der Waals surface area contributed by atoms with Gasteiger partial charge in [-0.3, -0.25) is 14.5 Å². The van der Waals surface area contributed by atoms with Gasteiger partial charge < -0.3 is 9.30 Å². The number of para-hydroxylation sites is 1. The van der Waals surface area contributed by atoms with E-state index >= 15 is 0 Å². The molecule has 0 bridgehead atoms. The van der Waals surface area contributed by atoms with E-state index in [9.17, 15) is 9.59 Å². The van der Waals surface area contributed by atoms with E-state index in [1.54, 1.807) is 18.2 Å². The second-order valence-corrected chi connectivity index (χ2v) is 9.12. The van der Waals surface area contributed by atoms with Crippen LogP contribution in [0.25, 0.3) is 17.0 Å². The zero-order valence-electron chi connectivity index (χ0n) is 16.4. The number of thioether (sulfide) groups is 1. The molecule has 0 aliphatic carbocycles. The minimum Gasteiger partial charge on any atom is -0.490 e. The number of carbonyl (C=O) groups excluding carboxylic acids is 2. The van der Waals surface area contributed by atoms with E-state index in [2.05, 4.69) is 27.1 Å². The Labute approximate surface area is 197 Å². The molecule has 0 saturated carbocycles. The number of benzene rings is 2. The SMILES string of the molecule is C=CCN1C(=O)S/C(=C\c2cn(CCOc3ccccc3Cl)c3ccc(Br)cc23)C1=O. The summed E-state index contributed by atoms with van der Waals surface area (Å²) >= 11 is 10.6. The summed E-state index contributed by atoms with van der Waals surface area (Å²) in [6.45, 7) is 4.83. The molecule has 2 aromatic carbocycles. The Kier molecular flexibility index (Phi) is 6.55. The number of nitrogens with zero attached hydrogens (tertiary/aromatic N) is 2. The van der Waals surface area contributed by atoms with E-state index in [1.807, 2.05) is 42.6 Å². The van der Waals surface area contributed by atoms with E-state index < -0.39 is 0 Å². The summed E-state index contributed by atoms with van der Waals surface area (Å²) in [5, 5.41) is 1.26. The third-order valence-corrected chi connectivity index (χ3v) is 6.49. The van der Waals surface area contributed by atoms with Crippen molar-refractivity contribution >= 4 is 67.4 Å². The summed E-state index contributed by atoms with van der Waals surface area (Å²) in [6.07, 6.45) is 5.28. The van der Waals surface area contributed by atoms with Crippen LogP contribution in [-0.4, -0.2) is 33.8 Å². The molecule has 4 rings (SSSR count). The van der Waals surface area contributed by atoms with Crippen LogP contribution >= 0.6 is 39.3 Å². The third-order valence-electron chi connectivity index (χ3n) is 4.77. The molecule has 1 saturated heterocycles. The monoisotopic (exact) mass is 516 g/mol. The number of amides is 2. The normalized spacial score (nSPS) is 15.3. The minimum atomic E-state index is -0.298. The highest BCUT2D eigenvalue weighted by Gasteiger charge is 2.34. The molecule has 0 radical (unpaired) electrons. The third kappa shape index (κ3) is 4.59. The summed E-state index contributed by atoms with van der Waals surface area (Å²) in [4.78, 5) is 26.3. The van der Waals surface area contributed by atoms with Gasteiger partial charge in [0.05, 0.1) is 16.5 Å². The average molecular weight is 518 g/mol. The van der Waals surface area contributed by atoms with Crippen LogP contribution in [-0.2, 0) is 11.3 Å². The van der Waals surface area contributed by atoms with Crippen molar-refractivity contribution in [2.45, 2.75) is 6.54 Å². The smallest absolute Gasteiger partial charge is 0.293 e. The lowest BCUT2D eigenvalue weighted by Crippen LogP contribution is -2.27. The van der Waals surface area contributed by atoms with Gasteiger partial charge in [-0.25, -0.2) is 0 Å². The van der Waals surface area contributed by atoms with E-state index in [0.717, 1.165) is 32.7 Å². The molecule has 1 fully saturated rings. The number of carbonyl (C=O) groups is 2. The first-order valence-corrected chi connectivity index (χ1v) is 11.5. The molecule has 8 heteroatoms. The summed E-state index contributed by atoms with van der Waals surface area (Å²) in [6, 6.07) is 13.3. The van der Waals surface area contributed by atoms with Gasteiger partial charge in [0.25, 0.3) is 11.1 Å². The second-order valence-electron chi connectivity index (χ2n) is 6.80. The van der Waals surface area contributed by atoms with Crippen molar-refractivity contribution in [1.82, 2.24) is 9.47 Å². The molecule has 0 spiro atoms. The number of ether oxygens (including phenoxy) is 1. The summed E-state index contributed by atoms with van der Waals surface area (Å²) in [5.74, 6) is 0.340. The number of imide groups is 1. The van der Waals surface area contributed by atoms with E-state index in [0.29, 0.717) is 28.8 Å². The highest BCUT2D eigenvalue weighted by atomic mass is 79.9. The van der Waals surface area contributed by atoms with Gasteiger partial charge >= 0.3 is 0 Å². The molecule has 0 unspecified atom stereocenters. The number of fused-ring (bicyclic) bond motifs is 1. The van der Waals surface area contributed by atoms with Crippen molar-refractivity contribution in [3.63, 3.8) is 0 Å². The fourth-order valence-electron chi connectivity index (χ4n) is 3.34. The fourth-order valence-corrected chi connectivity index (χ4v) is 4.73. The van der Waals surface area contributed by atoms with Crippen LogP contribution in [0.2, 0.25) is 5.02 Å². The average Bonchev–Trinajstić information content (AvgIpc) is 3.21. The number of halogens is 2. The van der Waals surface area contributed by atoms with E-state index in [1.165, 1.54) is 4.90 Å². The summed E-state index contributed by atoms with van der Waals surface area (Å²) in [5.41, 5.74) is 1.86. The molecule has 2 heterocycles. The molecule has 0 N–H and O–H groups in total. The number of aromatic nitrogens is 1. The zero-order chi connectivity index (χ0) is 22.0. The first-order chi connectivity index (χ1) is 15.0. The highest BCUT2D eigenvalue weighted by molar-refractivity contribution is 9.10. The summed E-state index contributed by atoms with van der Waals surface area (Å²) < 4.78 is 8.83. The van der Waals surface area contributed by atoms with E-state index in [4.69, 9.17) is 16.3 Å². The van der Waals surface area contributed by atoms with Crippen LogP contribution in [0, 0.1) is 0 Å². The topological polar surface area (TPSA) is 51.5 Å². The first kappa shape index (κ1) is 21.7. The first-order valence-electron chi connectivity index (χ1n) is 9.50. The van der Waals surface area contributed by atoms with Crippen LogP contribution in [0.15, 0.2) is 70.7 Å². The maximum absolute atomic E-state index is 12.6. The van der Waals surface area contributed by atoms with Crippen molar-refractivity contribution in [2.24, 2.45) is 0 Å². The van der Waals surface area contributed by atoms with Gasteiger partial charge in [-0.15, -0.1) is 6.58 Å². The largest absolute Gasteiger partial charge is 0.490 e. The maximum Gasteiger partial charge on any atom is 0.293 e.